The molecule has 1 aromatic carbocycles. The Labute approximate surface area is 116 Å². The molecule has 0 radical (unpaired) electrons. The first kappa shape index (κ1) is 15.5. The number of carbonyl (C=O) groups is 1. The van der Waals surface area contributed by atoms with E-state index >= 15 is 0 Å². The van der Waals surface area contributed by atoms with Crippen LogP contribution in [-0.4, -0.2) is 26.5 Å². The van der Waals surface area contributed by atoms with E-state index in [1.54, 1.807) is 0 Å². The van der Waals surface area contributed by atoms with Gasteiger partial charge in [0.2, 0.25) is 5.91 Å². The molecule has 0 aliphatic carbocycles. The molecule has 106 valence electrons. The van der Waals surface area contributed by atoms with Crippen molar-refractivity contribution in [1.82, 2.24) is 5.32 Å². The molecule has 0 unspecified atom stereocenters. The van der Waals surface area contributed by atoms with Crippen molar-refractivity contribution in [2.75, 3.05) is 25.5 Å². The average Bonchev–Trinajstić information content (AvgIpc) is 2.42. The molecule has 0 bridgehead atoms. The minimum absolute atomic E-state index is 0.119. The molecule has 4 nitrogen and oxygen atoms in total. The van der Waals surface area contributed by atoms with Gasteiger partial charge in [-0.15, -0.1) is 0 Å². The highest BCUT2D eigenvalue weighted by Gasteiger charge is 2.01. The van der Waals surface area contributed by atoms with Crippen LogP contribution in [0.3, 0.4) is 0 Å². The summed E-state index contributed by atoms with van der Waals surface area (Å²) in [7, 11) is 4.02. The Bertz CT molecular complexity index is 373. The van der Waals surface area contributed by atoms with Gasteiger partial charge in [-0.2, -0.15) is 0 Å². The van der Waals surface area contributed by atoms with Gasteiger partial charge in [0.1, 0.15) is 0 Å². The average molecular weight is 263 g/mol. The highest BCUT2D eigenvalue weighted by molar-refractivity contribution is 5.75. The first-order valence-corrected chi connectivity index (χ1v) is 6.86. The molecule has 0 atom stereocenters. The second-order valence-corrected chi connectivity index (χ2v) is 4.94. The summed E-state index contributed by atoms with van der Waals surface area (Å²) in [5, 5.41) is 2.94. The topological polar surface area (TPSA) is 58.4 Å². The fraction of sp³-hybridized carbons (Fsp3) is 0.533. The summed E-state index contributed by atoms with van der Waals surface area (Å²) >= 11 is 0. The van der Waals surface area contributed by atoms with E-state index in [0.29, 0.717) is 19.5 Å². The zero-order valence-electron chi connectivity index (χ0n) is 12.0. The van der Waals surface area contributed by atoms with Gasteiger partial charge < -0.3 is 16.0 Å². The number of benzene rings is 1. The normalized spacial score (nSPS) is 10.3. The molecule has 19 heavy (non-hydrogen) atoms. The molecule has 0 aliphatic rings. The van der Waals surface area contributed by atoms with Gasteiger partial charge in [-0.3, -0.25) is 4.79 Å². The first-order chi connectivity index (χ1) is 9.13. The number of nitrogens with zero attached hydrogens (tertiary/aromatic N) is 1. The number of unbranched alkanes of at least 4 members (excludes halogenated alkanes) is 2. The summed E-state index contributed by atoms with van der Waals surface area (Å²) < 4.78 is 0. The van der Waals surface area contributed by atoms with Crippen molar-refractivity contribution in [3.63, 3.8) is 0 Å². The van der Waals surface area contributed by atoms with Gasteiger partial charge in [0.25, 0.3) is 0 Å². The molecule has 0 fully saturated rings. The maximum atomic E-state index is 11.6. The van der Waals surface area contributed by atoms with E-state index in [9.17, 15) is 4.79 Å². The van der Waals surface area contributed by atoms with Crippen molar-refractivity contribution < 1.29 is 4.79 Å². The highest BCUT2D eigenvalue weighted by atomic mass is 16.1. The van der Waals surface area contributed by atoms with Crippen LogP contribution in [-0.2, 0) is 11.3 Å². The summed E-state index contributed by atoms with van der Waals surface area (Å²) in [5.74, 6) is 0.119. The van der Waals surface area contributed by atoms with Gasteiger partial charge in [-0.1, -0.05) is 18.6 Å². The summed E-state index contributed by atoms with van der Waals surface area (Å²) in [6.07, 6.45) is 3.54. The van der Waals surface area contributed by atoms with Crippen molar-refractivity contribution in [2.45, 2.75) is 32.2 Å². The molecule has 4 heteroatoms. The van der Waals surface area contributed by atoms with E-state index in [1.807, 2.05) is 26.2 Å². The fourth-order valence-corrected chi connectivity index (χ4v) is 1.81. The predicted molar refractivity (Wildman–Crippen MR) is 80.1 cm³/mol. The van der Waals surface area contributed by atoms with Crippen molar-refractivity contribution >= 4 is 11.6 Å². The molecule has 1 aromatic rings. The lowest BCUT2D eigenvalue weighted by atomic mass is 10.1. The van der Waals surface area contributed by atoms with Crippen molar-refractivity contribution in [3.05, 3.63) is 29.8 Å². The number of hydrogen-bond donors (Lipinski definition) is 2. The number of hydrogen-bond acceptors (Lipinski definition) is 3. The minimum atomic E-state index is 0.119. The Balaban J connectivity index is 2.26. The third-order valence-corrected chi connectivity index (χ3v) is 3.05. The van der Waals surface area contributed by atoms with E-state index in [1.165, 1.54) is 0 Å². The number of anilines is 1. The Hall–Kier alpha value is -1.55. The molecule has 0 aliphatic heterocycles. The first-order valence-electron chi connectivity index (χ1n) is 6.86. The highest BCUT2D eigenvalue weighted by Crippen LogP contribution is 2.12. The molecule has 1 amide bonds. The fourth-order valence-electron chi connectivity index (χ4n) is 1.81. The van der Waals surface area contributed by atoms with E-state index in [4.69, 9.17) is 5.73 Å². The number of nitrogens with two attached hydrogens (primary N) is 1. The standard InChI is InChI=1S/C15H25N3O/c1-18(2)14-9-7-13(8-10-14)12-17-15(19)6-4-3-5-11-16/h7-10H,3-6,11-12,16H2,1-2H3,(H,17,19). The van der Waals surface area contributed by atoms with Crippen LogP contribution in [0.25, 0.3) is 0 Å². The third-order valence-electron chi connectivity index (χ3n) is 3.05. The number of nitrogens with one attached hydrogen (secondary N) is 1. The predicted octanol–water partition coefficient (Wildman–Crippen LogP) is 1.89. The van der Waals surface area contributed by atoms with Crippen molar-refractivity contribution in [3.8, 4) is 0 Å². The van der Waals surface area contributed by atoms with E-state index in [-0.39, 0.29) is 5.91 Å². The van der Waals surface area contributed by atoms with Gasteiger partial charge in [-0.05, 0) is 37.1 Å². The molecule has 0 heterocycles. The molecular weight excluding hydrogens is 238 g/mol. The van der Waals surface area contributed by atoms with Crippen LogP contribution in [0.2, 0.25) is 0 Å². The number of carbonyl (C=O) groups excluding carboxylic acids is 1. The summed E-state index contributed by atoms with van der Waals surface area (Å²) in [4.78, 5) is 13.7. The lowest BCUT2D eigenvalue weighted by Gasteiger charge is -2.13. The van der Waals surface area contributed by atoms with Gasteiger partial charge >= 0.3 is 0 Å². The number of rotatable bonds is 8. The van der Waals surface area contributed by atoms with Crippen LogP contribution in [0, 0.1) is 0 Å². The van der Waals surface area contributed by atoms with E-state index < -0.39 is 0 Å². The Morgan fingerprint density at radius 2 is 1.84 bits per heavy atom. The van der Waals surface area contributed by atoms with Crippen LogP contribution in [0.5, 0.6) is 0 Å². The van der Waals surface area contributed by atoms with Crippen LogP contribution < -0.4 is 16.0 Å². The largest absolute Gasteiger partial charge is 0.378 e. The minimum Gasteiger partial charge on any atom is -0.378 e. The third kappa shape index (κ3) is 6.25. The molecule has 0 saturated heterocycles. The second kappa shape index (κ2) is 8.53. The summed E-state index contributed by atoms with van der Waals surface area (Å²) in [5.41, 5.74) is 7.70. The van der Waals surface area contributed by atoms with Crippen LogP contribution in [0.4, 0.5) is 5.69 Å². The molecular formula is C15H25N3O. The zero-order valence-corrected chi connectivity index (χ0v) is 12.0. The van der Waals surface area contributed by atoms with Crippen molar-refractivity contribution in [2.24, 2.45) is 5.73 Å². The molecule has 0 saturated carbocycles. The lowest BCUT2D eigenvalue weighted by Crippen LogP contribution is -2.22. The smallest absolute Gasteiger partial charge is 0.220 e. The zero-order chi connectivity index (χ0) is 14.1. The van der Waals surface area contributed by atoms with Gasteiger partial charge in [0, 0.05) is 32.7 Å². The maximum absolute atomic E-state index is 11.6. The van der Waals surface area contributed by atoms with Crippen LogP contribution in [0.15, 0.2) is 24.3 Å². The summed E-state index contributed by atoms with van der Waals surface area (Å²) in [6.45, 7) is 1.31. The molecule has 0 aromatic heterocycles. The summed E-state index contributed by atoms with van der Waals surface area (Å²) in [6, 6.07) is 8.21. The van der Waals surface area contributed by atoms with Gasteiger partial charge in [-0.25, -0.2) is 0 Å². The quantitative estimate of drug-likeness (QED) is 0.704. The van der Waals surface area contributed by atoms with E-state index in [2.05, 4.69) is 22.3 Å². The SMILES string of the molecule is CN(C)c1ccc(CNC(=O)CCCCCN)cc1. The van der Waals surface area contributed by atoms with Gasteiger partial charge in [0.05, 0.1) is 0 Å². The Morgan fingerprint density at radius 3 is 2.42 bits per heavy atom. The Morgan fingerprint density at radius 1 is 1.16 bits per heavy atom. The van der Waals surface area contributed by atoms with Crippen molar-refractivity contribution in [1.29, 1.82) is 0 Å². The maximum Gasteiger partial charge on any atom is 0.220 e. The van der Waals surface area contributed by atoms with Crippen LogP contribution in [0.1, 0.15) is 31.2 Å². The van der Waals surface area contributed by atoms with Crippen LogP contribution >= 0.6 is 0 Å². The number of amides is 1. The van der Waals surface area contributed by atoms with E-state index in [0.717, 1.165) is 30.5 Å². The lowest BCUT2D eigenvalue weighted by molar-refractivity contribution is -0.121. The molecule has 0 spiro atoms. The molecule has 1 rings (SSSR count). The molecule has 3 N–H and O–H groups in total. The van der Waals surface area contributed by atoms with Gasteiger partial charge in [0.15, 0.2) is 0 Å². The monoisotopic (exact) mass is 263 g/mol. The second-order valence-electron chi connectivity index (χ2n) is 4.94. The Kier molecular flexibility index (Phi) is 6.97.